The molecule has 6 heteroatoms. The highest BCUT2D eigenvalue weighted by Crippen LogP contribution is 2.13. The van der Waals surface area contributed by atoms with Gasteiger partial charge in [0.05, 0.1) is 11.5 Å². The lowest BCUT2D eigenvalue weighted by molar-refractivity contribution is 0.128. The summed E-state index contributed by atoms with van der Waals surface area (Å²) in [5, 5.41) is 3.13. The topological polar surface area (TPSA) is 67.4 Å². The molecule has 2 N–H and O–H groups in total. The van der Waals surface area contributed by atoms with E-state index in [4.69, 9.17) is 4.74 Å². The summed E-state index contributed by atoms with van der Waals surface area (Å²) in [5.74, 6) is 0.594. The number of nitrogens with one attached hydrogen (secondary N) is 2. The van der Waals surface area contributed by atoms with Crippen molar-refractivity contribution >= 4 is 15.7 Å². The van der Waals surface area contributed by atoms with Crippen molar-refractivity contribution in [3.63, 3.8) is 0 Å². The lowest BCUT2D eigenvalue weighted by Gasteiger charge is -2.09. The summed E-state index contributed by atoms with van der Waals surface area (Å²) >= 11 is 0. The maximum absolute atomic E-state index is 12.1. The molecule has 0 aromatic heterocycles. The number of sulfonamides is 1. The standard InChI is InChI=1S/C15H26N2O3S/c1-4-16-14-5-7-15(8-6-14)21(18,19)17-10-12-20-11-9-13(2)3/h5-8,13,16-17H,4,9-12H2,1-3H3. The van der Waals surface area contributed by atoms with Gasteiger partial charge in [0.15, 0.2) is 0 Å². The third kappa shape index (κ3) is 6.93. The Kier molecular flexibility index (Phi) is 7.71. The van der Waals surface area contributed by atoms with Crippen molar-refractivity contribution in [3.8, 4) is 0 Å². The summed E-state index contributed by atoms with van der Waals surface area (Å²) in [4.78, 5) is 0.270. The van der Waals surface area contributed by atoms with E-state index in [0.29, 0.717) is 19.1 Å². The molecule has 0 fully saturated rings. The molecular formula is C15H26N2O3S. The molecule has 0 saturated carbocycles. The predicted octanol–water partition coefficient (Wildman–Crippen LogP) is 2.46. The van der Waals surface area contributed by atoms with Crippen molar-refractivity contribution in [1.29, 1.82) is 0 Å². The second-order valence-electron chi connectivity index (χ2n) is 5.25. The Hall–Kier alpha value is -1.11. The molecule has 0 aliphatic carbocycles. The summed E-state index contributed by atoms with van der Waals surface area (Å²) < 4.78 is 32.0. The molecule has 5 nitrogen and oxygen atoms in total. The quantitative estimate of drug-likeness (QED) is 0.651. The van der Waals surface area contributed by atoms with E-state index < -0.39 is 10.0 Å². The minimum atomic E-state index is -3.45. The first-order valence-corrected chi connectivity index (χ1v) is 8.85. The fraction of sp³-hybridized carbons (Fsp3) is 0.600. The average Bonchev–Trinajstić information content (AvgIpc) is 2.43. The van der Waals surface area contributed by atoms with Gasteiger partial charge in [-0.15, -0.1) is 0 Å². The Bertz CT molecular complexity index is 498. The normalized spacial score (nSPS) is 11.8. The van der Waals surface area contributed by atoms with Gasteiger partial charge in [-0.1, -0.05) is 13.8 Å². The maximum atomic E-state index is 12.1. The summed E-state index contributed by atoms with van der Waals surface area (Å²) in [7, 11) is -3.45. The lowest BCUT2D eigenvalue weighted by Crippen LogP contribution is -2.27. The van der Waals surface area contributed by atoms with Gasteiger partial charge >= 0.3 is 0 Å². The third-order valence-corrected chi connectivity index (χ3v) is 4.40. The fourth-order valence-corrected chi connectivity index (χ4v) is 2.72. The third-order valence-electron chi connectivity index (χ3n) is 2.92. The molecule has 1 aromatic rings. The number of hydrogen-bond donors (Lipinski definition) is 2. The number of anilines is 1. The van der Waals surface area contributed by atoms with Gasteiger partial charge in [-0.3, -0.25) is 0 Å². The second-order valence-corrected chi connectivity index (χ2v) is 7.01. The second kappa shape index (κ2) is 9.02. The Morgan fingerprint density at radius 1 is 1.14 bits per heavy atom. The lowest BCUT2D eigenvalue weighted by atomic mass is 10.1. The van der Waals surface area contributed by atoms with Gasteiger partial charge in [0.2, 0.25) is 10.0 Å². The van der Waals surface area contributed by atoms with E-state index in [9.17, 15) is 8.42 Å². The van der Waals surface area contributed by atoms with Crippen LogP contribution in [-0.4, -0.2) is 34.7 Å². The van der Waals surface area contributed by atoms with E-state index in [1.165, 1.54) is 0 Å². The van der Waals surface area contributed by atoms with Crippen molar-refractivity contribution in [1.82, 2.24) is 4.72 Å². The van der Waals surface area contributed by atoms with Crippen LogP contribution in [0.15, 0.2) is 29.2 Å². The van der Waals surface area contributed by atoms with Crippen LogP contribution in [0.3, 0.4) is 0 Å². The smallest absolute Gasteiger partial charge is 0.240 e. The minimum absolute atomic E-state index is 0.270. The largest absolute Gasteiger partial charge is 0.385 e. The highest BCUT2D eigenvalue weighted by Gasteiger charge is 2.12. The summed E-state index contributed by atoms with van der Waals surface area (Å²) in [6, 6.07) is 6.72. The van der Waals surface area contributed by atoms with Crippen molar-refractivity contribution in [2.75, 3.05) is 31.6 Å². The summed E-state index contributed by atoms with van der Waals surface area (Å²) in [6.07, 6.45) is 0.985. The number of benzene rings is 1. The van der Waals surface area contributed by atoms with Crippen molar-refractivity contribution in [3.05, 3.63) is 24.3 Å². The molecule has 0 heterocycles. The first-order chi connectivity index (χ1) is 9.95. The Labute approximate surface area is 128 Å². The first kappa shape index (κ1) is 17.9. The van der Waals surface area contributed by atoms with E-state index in [1.54, 1.807) is 24.3 Å². The first-order valence-electron chi connectivity index (χ1n) is 7.37. The van der Waals surface area contributed by atoms with Crippen LogP contribution in [0.1, 0.15) is 27.2 Å². The van der Waals surface area contributed by atoms with Crippen molar-refractivity contribution < 1.29 is 13.2 Å². The Morgan fingerprint density at radius 3 is 2.38 bits per heavy atom. The van der Waals surface area contributed by atoms with Crippen LogP contribution in [0.4, 0.5) is 5.69 Å². The highest BCUT2D eigenvalue weighted by molar-refractivity contribution is 7.89. The van der Waals surface area contributed by atoms with E-state index >= 15 is 0 Å². The molecule has 21 heavy (non-hydrogen) atoms. The Balaban J connectivity index is 2.39. The van der Waals surface area contributed by atoms with Gasteiger partial charge in [0, 0.05) is 25.4 Å². The van der Waals surface area contributed by atoms with Gasteiger partial charge in [-0.2, -0.15) is 0 Å². The maximum Gasteiger partial charge on any atom is 0.240 e. The van der Waals surface area contributed by atoms with Crippen LogP contribution in [0.2, 0.25) is 0 Å². The highest BCUT2D eigenvalue weighted by atomic mass is 32.2. The molecular weight excluding hydrogens is 288 g/mol. The molecule has 0 radical (unpaired) electrons. The number of ether oxygens (including phenoxy) is 1. The van der Waals surface area contributed by atoms with Gasteiger partial charge in [0.1, 0.15) is 0 Å². The molecule has 0 bridgehead atoms. The predicted molar refractivity (Wildman–Crippen MR) is 86.1 cm³/mol. The van der Waals surface area contributed by atoms with Crippen LogP contribution < -0.4 is 10.0 Å². The zero-order chi connectivity index (χ0) is 15.7. The van der Waals surface area contributed by atoms with Crippen LogP contribution in [0, 0.1) is 5.92 Å². The molecule has 1 aromatic carbocycles. The number of rotatable bonds is 10. The molecule has 0 atom stereocenters. The zero-order valence-corrected chi connectivity index (χ0v) is 13.9. The molecule has 0 unspecified atom stereocenters. The van der Waals surface area contributed by atoms with E-state index in [-0.39, 0.29) is 11.4 Å². The monoisotopic (exact) mass is 314 g/mol. The minimum Gasteiger partial charge on any atom is -0.385 e. The van der Waals surface area contributed by atoms with E-state index in [1.807, 2.05) is 6.92 Å². The van der Waals surface area contributed by atoms with E-state index in [2.05, 4.69) is 23.9 Å². The van der Waals surface area contributed by atoms with Gasteiger partial charge in [-0.25, -0.2) is 13.1 Å². The van der Waals surface area contributed by atoms with Crippen molar-refractivity contribution in [2.45, 2.75) is 32.1 Å². The SMILES string of the molecule is CCNc1ccc(S(=O)(=O)NCCOCCC(C)C)cc1. The molecule has 120 valence electrons. The Morgan fingerprint density at radius 2 is 1.81 bits per heavy atom. The molecule has 0 amide bonds. The molecule has 0 saturated heterocycles. The molecule has 0 aliphatic rings. The summed E-state index contributed by atoms with van der Waals surface area (Å²) in [6.45, 7) is 8.39. The van der Waals surface area contributed by atoms with Crippen LogP contribution >= 0.6 is 0 Å². The van der Waals surface area contributed by atoms with Crippen LogP contribution in [0.25, 0.3) is 0 Å². The molecule has 1 rings (SSSR count). The molecule has 0 spiro atoms. The number of hydrogen-bond acceptors (Lipinski definition) is 4. The summed E-state index contributed by atoms with van der Waals surface area (Å²) in [5.41, 5.74) is 0.911. The molecule has 0 aliphatic heterocycles. The van der Waals surface area contributed by atoms with E-state index in [0.717, 1.165) is 18.7 Å². The average molecular weight is 314 g/mol. The van der Waals surface area contributed by atoms with Gasteiger partial charge in [-0.05, 0) is 43.5 Å². The van der Waals surface area contributed by atoms with Gasteiger partial charge in [0.25, 0.3) is 0 Å². The zero-order valence-electron chi connectivity index (χ0n) is 13.1. The van der Waals surface area contributed by atoms with Gasteiger partial charge < -0.3 is 10.1 Å². The van der Waals surface area contributed by atoms with Crippen LogP contribution in [-0.2, 0) is 14.8 Å². The van der Waals surface area contributed by atoms with Crippen molar-refractivity contribution in [2.24, 2.45) is 5.92 Å². The van der Waals surface area contributed by atoms with Crippen LogP contribution in [0.5, 0.6) is 0 Å². The fourth-order valence-electron chi connectivity index (χ4n) is 1.71.